The number of unbranched alkanes of at least 4 members (excludes halogenated alkanes) is 50. The van der Waals surface area contributed by atoms with E-state index in [9.17, 15) is 14.4 Å². The largest absolute Gasteiger partial charge is 0.462 e. The van der Waals surface area contributed by atoms with Gasteiger partial charge in [0.25, 0.3) is 0 Å². The van der Waals surface area contributed by atoms with Crippen molar-refractivity contribution in [1.29, 1.82) is 0 Å². The summed E-state index contributed by atoms with van der Waals surface area (Å²) in [6.45, 7) is 6.69. The van der Waals surface area contributed by atoms with Crippen LogP contribution in [0, 0.1) is 0 Å². The lowest BCUT2D eigenvalue weighted by Gasteiger charge is -2.18. The zero-order chi connectivity index (χ0) is 57.8. The van der Waals surface area contributed by atoms with Crippen LogP contribution in [0.4, 0.5) is 0 Å². The summed E-state index contributed by atoms with van der Waals surface area (Å²) in [6.07, 6.45) is 86.2. The summed E-state index contributed by atoms with van der Waals surface area (Å²) in [4.78, 5) is 38.3. The minimum absolute atomic E-state index is 0.0645. The lowest BCUT2D eigenvalue weighted by molar-refractivity contribution is -0.167. The molecular weight excluding hydrogens is 985 g/mol. The van der Waals surface area contributed by atoms with Crippen LogP contribution in [0.1, 0.15) is 400 Å². The molecule has 0 saturated carbocycles. The Balaban J connectivity index is 4.06. The Labute approximate surface area is 499 Å². The number of allylic oxidation sites excluding steroid dienone is 6. The monoisotopic (exact) mass is 1120 g/mol. The van der Waals surface area contributed by atoms with Gasteiger partial charge in [-0.3, -0.25) is 14.4 Å². The minimum Gasteiger partial charge on any atom is -0.462 e. The van der Waals surface area contributed by atoms with Crippen molar-refractivity contribution in [1.82, 2.24) is 0 Å². The molecule has 470 valence electrons. The molecule has 0 aromatic heterocycles. The molecule has 6 nitrogen and oxygen atoms in total. The molecule has 6 heteroatoms. The van der Waals surface area contributed by atoms with Gasteiger partial charge in [0.05, 0.1) is 0 Å². The fourth-order valence-corrected chi connectivity index (χ4v) is 11.0. The van der Waals surface area contributed by atoms with Crippen molar-refractivity contribution < 1.29 is 28.6 Å². The maximum Gasteiger partial charge on any atom is 0.306 e. The molecule has 0 N–H and O–H groups in total. The topological polar surface area (TPSA) is 78.9 Å². The van der Waals surface area contributed by atoms with E-state index in [0.717, 1.165) is 70.6 Å². The molecular formula is C74H138O6. The van der Waals surface area contributed by atoms with E-state index in [1.54, 1.807) is 0 Å². The molecule has 0 aliphatic heterocycles. The first kappa shape index (κ1) is 77.6. The normalized spacial score (nSPS) is 12.2. The number of rotatable bonds is 67. The standard InChI is InChI=1S/C74H138O6/c1-4-7-10-13-16-19-22-24-26-28-30-31-32-33-34-35-36-37-38-39-40-41-42-43-45-46-48-50-52-55-58-61-64-67-73(76)79-70-71(69-78-72(75)66-63-60-57-54-21-18-15-12-9-6-3)80-74(77)68-65-62-59-56-53-51-49-47-44-29-27-25-23-20-17-14-11-8-5-2/h22,24,28,30,32-33,71H,4-21,23,25-27,29,31,34-70H2,1-3H3/b24-22-,30-28-,33-32-. The highest BCUT2D eigenvalue weighted by Gasteiger charge is 2.19. The third kappa shape index (κ3) is 66.4. The van der Waals surface area contributed by atoms with Crippen LogP contribution in [0.2, 0.25) is 0 Å². The Bertz CT molecular complexity index is 1340. The van der Waals surface area contributed by atoms with Crippen molar-refractivity contribution in [2.45, 2.75) is 406 Å². The SMILES string of the molecule is CCCCCCC/C=C\C/C=C\C/C=C\CCCCCCCCCCCCCCCCCCCCC(=O)OCC(COC(=O)CCCCCCCCCCCC)OC(=O)CCCCCCCCCCCCCCCCCCCCC. The number of carbonyl (C=O) groups is 3. The van der Waals surface area contributed by atoms with Gasteiger partial charge in [-0.15, -0.1) is 0 Å². The van der Waals surface area contributed by atoms with E-state index in [0.29, 0.717) is 19.3 Å². The Hall–Kier alpha value is -2.37. The van der Waals surface area contributed by atoms with E-state index in [1.807, 2.05) is 0 Å². The molecule has 0 rings (SSSR count). The molecule has 0 aromatic rings. The van der Waals surface area contributed by atoms with E-state index in [1.165, 1.54) is 289 Å². The van der Waals surface area contributed by atoms with Gasteiger partial charge in [-0.1, -0.05) is 359 Å². The van der Waals surface area contributed by atoms with Crippen molar-refractivity contribution >= 4 is 17.9 Å². The summed E-state index contributed by atoms with van der Waals surface area (Å²) < 4.78 is 17.0. The maximum atomic E-state index is 12.9. The lowest BCUT2D eigenvalue weighted by atomic mass is 10.0. The molecule has 0 fully saturated rings. The third-order valence-corrected chi connectivity index (χ3v) is 16.4. The van der Waals surface area contributed by atoms with Gasteiger partial charge in [0, 0.05) is 19.3 Å². The second kappa shape index (κ2) is 69.1. The smallest absolute Gasteiger partial charge is 0.306 e. The number of esters is 3. The molecule has 0 bridgehead atoms. The molecule has 80 heavy (non-hydrogen) atoms. The average Bonchev–Trinajstić information content (AvgIpc) is 3.46. The number of ether oxygens (including phenoxy) is 3. The van der Waals surface area contributed by atoms with Crippen LogP contribution in [0.5, 0.6) is 0 Å². The molecule has 0 aliphatic carbocycles. The van der Waals surface area contributed by atoms with Crippen LogP contribution in [0.3, 0.4) is 0 Å². The van der Waals surface area contributed by atoms with Crippen molar-refractivity contribution in [2.75, 3.05) is 13.2 Å². The zero-order valence-electron chi connectivity index (χ0n) is 54.1. The number of hydrogen-bond acceptors (Lipinski definition) is 6. The van der Waals surface area contributed by atoms with Gasteiger partial charge in [-0.05, 0) is 57.8 Å². The average molecular weight is 1120 g/mol. The Morgan fingerprint density at radius 2 is 0.450 bits per heavy atom. The first-order valence-corrected chi connectivity index (χ1v) is 36.0. The van der Waals surface area contributed by atoms with Crippen LogP contribution < -0.4 is 0 Å². The summed E-state index contributed by atoms with van der Waals surface area (Å²) in [5, 5.41) is 0. The molecule has 0 aliphatic rings. The van der Waals surface area contributed by atoms with Crippen LogP contribution >= 0.6 is 0 Å². The van der Waals surface area contributed by atoms with Gasteiger partial charge in [0.2, 0.25) is 0 Å². The molecule has 0 aromatic carbocycles. The van der Waals surface area contributed by atoms with E-state index >= 15 is 0 Å². The van der Waals surface area contributed by atoms with E-state index in [-0.39, 0.29) is 31.1 Å². The van der Waals surface area contributed by atoms with E-state index < -0.39 is 6.10 Å². The third-order valence-electron chi connectivity index (χ3n) is 16.4. The van der Waals surface area contributed by atoms with Crippen molar-refractivity contribution in [3.05, 3.63) is 36.5 Å². The highest BCUT2D eigenvalue weighted by atomic mass is 16.6. The van der Waals surface area contributed by atoms with Gasteiger partial charge in [0.15, 0.2) is 6.10 Å². The van der Waals surface area contributed by atoms with Crippen LogP contribution in [0.15, 0.2) is 36.5 Å². The van der Waals surface area contributed by atoms with Gasteiger partial charge < -0.3 is 14.2 Å². The van der Waals surface area contributed by atoms with E-state index in [2.05, 4.69) is 57.2 Å². The summed E-state index contributed by atoms with van der Waals surface area (Å²) in [5.41, 5.74) is 0. The maximum absolute atomic E-state index is 12.9. The molecule has 0 heterocycles. The van der Waals surface area contributed by atoms with Gasteiger partial charge in [-0.25, -0.2) is 0 Å². The first-order chi connectivity index (χ1) is 39.5. The Morgan fingerprint density at radius 1 is 0.250 bits per heavy atom. The van der Waals surface area contributed by atoms with Crippen molar-refractivity contribution in [3.63, 3.8) is 0 Å². The summed E-state index contributed by atoms with van der Waals surface area (Å²) in [7, 11) is 0. The molecule has 1 unspecified atom stereocenters. The van der Waals surface area contributed by atoms with Crippen LogP contribution in [-0.4, -0.2) is 37.2 Å². The second-order valence-electron chi connectivity index (χ2n) is 24.5. The predicted molar refractivity (Wildman–Crippen MR) is 349 cm³/mol. The highest BCUT2D eigenvalue weighted by Crippen LogP contribution is 2.19. The summed E-state index contributed by atoms with van der Waals surface area (Å²) >= 11 is 0. The van der Waals surface area contributed by atoms with Gasteiger partial charge >= 0.3 is 17.9 Å². The van der Waals surface area contributed by atoms with Crippen molar-refractivity contribution in [3.8, 4) is 0 Å². The molecule has 0 saturated heterocycles. The zero-order valence-corrected chi connectivity index (χ0v) is 54.1. The second-order valence-corrected chi connectivity index (χ2v) is 24.5. The minimum atomic E-state index is -0.766. The number of hydrogen-bond donors (Lipinski definition) is 0. The Kier molecular flexibility index (Phi) is 67.1. The molecule has 1 atom stereocenters. The van der Waals surface area contributed by atoms with Crippen molar-refractivity contribution in [2.24, 2.45) is 0 Å². The molecule has 0 spiro atoms. The predicted octanol–water partition coefficient (Wildman–Crippen LogP) is 24.7. The van der Waals surface area contributed by atoms with Gasteiger partial charge in [0.1, 0.15) is 13.2 Å². The van der Waals surface area contributed by atoms with Crippen LogP contribution in [-0.2, 0) is 28.6 Å². The first-order valence-electron chi connectivity index (χ1n) is 36.0. The quantitative estimate of drug-likeness (QED) is 0.0261. The fourth-order valence-electron chi connectivity index (χ4n) is 11.0. The lowest BCUT2D eigenvalue weighted by Crippen LogP contribution is -2.30. The Morgan fingerprint density at radius 3 is 0.700 bits per heavy atom. The summed E-state index contributed by atoms with van der Waals surface area (Å²) in [6, 6.07) is 0. The van der Waals surface area contributed by atoms with Crippen LogP contribution in [0.25, 0.3) is 0 Å². The number of carbonyl (C=O) groups excluding carboxylic acids is 3. The fraction of sp³-hybridized carbons (Fsp3) is 0.878. The molecule has 0 radical (unpaired) electrons. The van der Waals surface area contributed by atoms with Gasteiger partial charge in [-0.2, -0.15) is 0 Å². The molecule has 0 amide bonds. The summed E-state index contributed by atoms with van der Waals surface area (Å²) in [5.74, 6) is -0.835. The van der Waals surface area contributed by atoms with E-state index in [4.69, 9.17) is 14.2 Å². The highest BCUT2D eigenvalue weighted by molar-refractivity contribution is 5.71.